The average molecular weight is 497 g/mol. The molecule has 0 amide bonds. The Labute approximate surface area is 215 Å². The van der Waals surface area contributed by atoms with Crippen LogP contribution < -0.4 is 4.90 Å². The topological polar surface area (TPSA) is 78.9 Å². The Morgan fingerprint density at radius 1 is 1.08 bits per heavy atom. The summed E-state index contributed by atoms with van der Waals surface area (Å²) in [6, 6.07) is 21.6. The molecule has 1 N–H and O–H groups in total. The van der Waals surface area contributed by atoms with E-state index < -0.39 is 0 Å². The van der Waals surface area contributed by atoms with E-state index >= 15 is 0 Å². The summed E-state index contributed by atoms with van der Waals surface area (Å²) in [5.41, 5.74) is 6.55. The highest BCUT2D eigenvalue weighted by Crippen LogP contribution is 2.35. The van der Waals surface area contributed by atoms with E-state index in [9.17, 15) is 5.11 Å². The number of nitrogens with zero attached hydrogens (tertiary/aromatic N) is 6. The van der Waals surface area contributed by atoms with Crippen molar-refractivity contribution in [3.8, 4) is 22.8 Å². The summed E-state index contributed by atoms with van der Waals surface area (Å²) >= 11 is 1.75. The lowest BCUT2D eigenvalue weighted by molar-refractivity contribution is 0.475. The highest BCUT2D eigenvalue weighted by molar-refractivity contribution is 8.14. The van der Waals surface area contributed by atoms with E-state index in [0.717, 1.165) is 34.2 Å². The number of thioether (sulfide) groups is 1. The number of phenols is 1. The van der Waals surface area contributed by atoms with Gasteiger partial charge in [0.1, 0.15) is 12.1 Å². The summed E-state index contributed by atoms with van der Waals surface area (Å²) in [4.78, 5) is 6.75. The molecule has 1 fully saturated rings. The molecule has 7 nitrogen and oxygen atoms in total. The normalized spacial score (nSPS) is 16.9. The van der Waals surface area contributed by atoms with Gasteiger partial charge in [-0.2, -0.15) is 5.10 Å². The smallest absolute Gasteiger partial charge is 0.190 e. The van der Waals surface area contributed by atoms with Gasteiger partial charge in [0.2, 0.25) is 0 Å². The number of anilines is 1. The molecule has 1 unspecified atom stereocenters. The molecule has 2 heterocycles. The standard InChI is InChI=1S/C28H28N6OS/c1-4-22-7-5-6-19(2)26(22)34-20(3)17-36-28(34)31-30-16-21-8-10-23(11-9-21)27-29-18-33(32-27)24-12-14-25(35)15-13-24/h5-16,18,20,35H,4,17H2,1-3H3/b30-16+,31-28-. The van der Waals surface area contributed by atoms with Crippen LogP contribution in [0.1, 0.15) is 30.5 Å². The van der Waals surface area contributed by atoms with Gasteiger partial charge in [-0.1, -0.05) is 61.2 Å². The number of amidine groups is 1. The van der Waals surface area contributed by atoms with Crippen molar-refractivity contribution in [2.24, 2.45) is 10.2 Å². The molecular formula is C28H28N6OS. The number of benzene rings is 3. The van der Waals surface area contributed by atoms with E-state index in [1.165, 1.54) is 16.8 Å². The number of hydrogen-bond donors (Lipinski definition) is 1. The van der Waals surface area contributed by atoms with Crippen LogP contribution in [0.3, 0.4) is 0 Å². The maximum Gasteiger partial charge on any atom is 0.190 e. The maximum absolute atomic E-state index is 9.48. The first-order valence-electron chi connectivity index (χ1n) is 12.0. The molecule has 3 aromatic carbocycles. The second-order valence-electron chi connectivity index (χ2n) is 8.74. The van der Waals surface area contributed by atoms with E-state index in [-0.39, 0.29) is 5.75 Å². The van der Waals surface area contributed by atoms with Gasteiger partial charge in [-0.15, -0.1) is 10.2 Å². The number of aromatic nitrogens is 3. The van der Waals surface area contributed by atoms with Crippen LogP contribution in [0.25, 0.3) is 17.1 Å². The SMILES string of the molecule is CCc1cccc(C)c1N1/C(=N/N=C/c2ccc(-c3ncn(-c4ccc(O)cc4)n3)cc2)SCC1C. The third-order valence-corrected chi connectivity index (χ3v) is 7.35. The lowest BCUT2D eigenvalue weighted by Crippen LogP contribution is -2.33. The Morgan fingerprint density at radius 3 is 2.61 bits per heavy atom. The molecule has 4 aromatic rings. The van der Waals surface area contributed by atoms with Crippen LogP contribution in [0, 0.1) is 6.92 Å². The summed E-state index contributed by atoms with van der Waals surface area (Å²) < 4.78 is 1.69. The van der Waals surface area contributed by atoms with Gasteiger partial charge >= 0.3 is 0 Å². The minimum absolute atomic E-state index is 0.219. The number of rotatable bonds is 6. The number of aryl methyl sites for hydroxylation is 2. The first-order valence-corrected chi connectivity index (χ1v) is 12.9. The lowest BCUT2D eigenvalue weighted by atomic mass is 10.0. The molecule has 1 aromatic heterocycles. The van der Waals surface area contributed by atoms with Gasteiger partial charge in [0.05, 0.1) is 11.9 Å². The van der Waals surface area contributed by atoms with Crippen LogP contribution in [0.4, 0.5) is 5.69 Å². The van der Waals surface area contributed by atoms with Crippen LogP contribution in [0.2, 0.25) is 0 Å². The Bertz CT molecular complexity index is 1410. The number of hydrogen-bond acceptors (Lipinski definition) is 6. The number of para-hydroxylation sites is 1. The van der Waals surface area contributed by atoms with Crippen LogP contribution in [-0.4, -0.2) is 43.0 Å². The predicted molar refractivity (Wildman–Crippen MR) is 148 cm³/mol. The molecule has 0 spiro atoms. The highest BCUT2D eigenvalue weighted by atomic mass is 32.2. The van der Waals surface area contributed by atoms with E-state index in [1.807, 2.05) is 24.3 Å². The van der Waals surface area contributed by atoms with E-state index in [4.69, 9.17) is 0 Å². The fourth-order valence-corrected chi connectivity index (χ4v) is 5.31. The number of phenolic OH excluding ortho intramolecular Hbond substituents is 1. The zero-order valence-electron chi connectivity index (χ0n) is 20.5. The molecule has 36 heavy (non-hydrogen) atoms. The molecule has 0 radical (unpaired) electrons. The van der Waals surface area contributed by atoms with Gasteiger partial charge in [0, 0.05) is 23.0 Å². The zero-order chi connectivity index (χ0) is 25.1. The van der Waals surface area contributed by atoms with E-state index in [1.54, 1.807) is 53.3 Å². The Morgan fingerprint density at radius 2 is 1.86 bits per heavy atom. The molecule has 0 aliphatic carbocycles. The number of aromatic hydroxyl groups is 1. The van der Waals surface area contributed by atoms with Crippen LogP contribution in [0.15, 0.2) is 83.3 Å². The van der Waals surface area contributed by atoms with Crippen LogP contribution in [-0.2, 0) is 6.42 Å². The Kier molecular flexibility index (Phi) is 6.86. The van der Waals surface area contributed by atoms with Crippen LogP contribution >= 0.6 is 11.8 Å². The second kappa shape index (κ2) is 10.4. The summed E-state index contributed by atoms with van der Waals surface area (Å²) in [6.45, 7) is 6.59. The summed E-state index contributed by atoms with van der Waals surface area (Å²) in [7, 11) is 0. The molecule has 1 aliphatic heterocycles. The van der Waals surface area contributed by atoms with Gasteiger partial charge in [0.15, 0.2) is 11.0 Å². The fraction of sp³-hybridized carbons (Fsp3) is 0.214. The van der Waals surface area contributed by atoms with Crippen molar-refractivity contribution in [2.45, 2.75) is 33.2 Å². The molecule has 5 rings (SSSR count). The molecule has 1 saturated heterocycles. The first kappa shape index (κ1) is 23.8. The van der Waals surface area contributed by atoms with Gasteiger partial charge in [-0.25, -0.2) is 9.67 Å². The van der Waals surface area contributed by atoms with Crippen LogP contribution in [0.5, 0.6) is 5.75 Å². The third-order valence-electron chi connectivity index (χ3n) is 6.17. The van der Waals surface area contributed by atoms with Crippen molar-refractivity contribution in [3.63, 3.8) is 0 Å². The largest absolute Gasteiger partial charge is 0.508 e. The minimum Gasteiger partial charge on any atom is -0.508 e. The van der Waals surface area contributed by atoms with E-state index in [2.05, 4.69) is 64.2 Å². The maximum atomic E-state index is 9.48. The van der Waals surface area contributed by atoms with Crippen molar-refractivity contribution in [1.82, 2.24) is 14.8 Å². The molecule has 8 heteroatoms. The van der Waals surface area contributed by atoms with Gasteiger partial charge in [-0.3, -0.25) is 0 Å². The third kappa shape index (κ3) is 4.90. The summed E-state index contributed by atoms with van der Waals surface area (Å²) in [6.07, 6.45) is 4.42. The predicted octanol–water partition coefficient (Wildman–Crippen LogP) is 5.84. The second-order valence-corrected chi connectivity index (χ2v) is 9.73. The summed E-state index contributed by atoms with van der Waals surface area (Å²) in [5.74, 6) is 1.84. The average Bonchev–Trinajstić information content (AvgIpc) is 3.52. The zero-order valence-corrected chi connectivity index (χ0v) is 21.4. The molecule has 1 aliphatic rings. The fourth-order valence-electron chi connectivity index (χ4n) is 4.26. The van der Waals surface area contributed by atoms with Crippen molar-refractivity contribution >= 4 is 28.8 Å². The van der Waals surface area contributed by atoms with Gasteiger partial charge in [-0.05, 0) is 61.2 Å². The molecule has 0 saturated carbocycles. The van der Waals surface area contributed by atoms with Crippen molar-refractivity contribution in [1.29, 1.82) is 0 Å². The molecule has 182 valence electrons. The van der Waals surface area contributed by atoms with Gasteiger partial charge in [0.25, 0.3) is 0 Å². The molecule has 1 atom stereocenters. The Balaban J connectivity index is 1.32. The summed E-state index contributed by atoms with van der Waals surface area (Å²) in [5, 5.41) is 24.0. The van der Waals surface area contributed by atoms with Gasteiger partial charge < -0.3 is 10.0 Å². The molecular weight excluding hydrogens is 468 g/mol. The Hall–Kier alpha value is -3.91. The molecule has 0 bridgehead atoms. The monoisotopic (exact) mass is 496 g/mol. The first-order chi connectivity index (χ1) is 17.5. The highest BCUT2D eigenvalue weighted by Gasteiger charge is 2.30. The van der Waals surface area contributed by atoms with E-state index in [0.29, 0.717) is 11.9 Å². The minimum atomic E-state index is 0.219. The van der Waals surface area contributed by atoms with Crippen molar-refractivity contribution < 1.29 is 5.11 Å². The lowest BCUT2D eigenvalue weighted by Gasteiger charge is -2.27. The van der Waals surface area contributed by atoms with Crippen molar-refractivity contribution in [2.75, 3.05) is 10.7 Å². The quantitative estimate of drug-likeness (QED) is 0.268. The van der Waals surface area contributed by atoms with Crippen molar-refractivity contribution in [3.05, 3.63) is 89.7 Å².